The Bertz CT molecular complexity index is 276. The van der Waals surface area contributed by atoms with Crippen molar-refractivity contribution in [1.82, 2.24) is 4.90 Å². The van der Waals surface area contributed by atoms with Crippen LogP contribution in [0.5, 0.6) is 0 Å². The Kier molecular flexibility index (Phi) is 3.47. The van der Waals surface area contributed by atoms with Gasteiger partial charge in [0.05, 0.1) is 6.54 Å². The molecule has 0 saturated carbocycles. The highest BCUT2D eigenvalue weighted by atomic mass is 19.1. The van der Waals surface area contributed by atoms with Crippen molar-refractivity contribution >= 4 is 6.09 Å². The van der Waals surface area contributed by atoms with Gasteiger partial charge in [0, 0.05) is 19.0 Å². The summed E-state index contributed by atoms with van der Waals surface area (Å²) >= 11 is 0. The number of hydrogen-bond donors (Lipinski definition) is 1. The van der Waals surface area contributed by atoms with Gasteiger partial charge in [-0.15, -0.1) is 0 Å². The predicted molar refractivity (Wildman–Crippen MR) is 59.9 cm³/mol. The average Bonchev–Trinajstić information content (AvgIpc) is 2.46. The summed E-state index contributed by atoms with van der Waals surface area (Å²) in [6.45, 7) is 7.38. The van der Waals surface area contributed by atoms with E-state index in [0.717, 1.165) is 0 Å². The Hall–Kier alpha value is -0.840. The third-order valence-corrected chi connectivity index (χ3v) is 2.72. The molecule has 0 aromatic rings. The number of halogens is 1. The second-order valence-electron chi connectivity index (χ2n) is 5.48. The first-order chi connectivity index (χ1) is 7.14. The van der Waals surface area contributed by atoms with Crippen LogP contribution >= 0.6 is 0 Å². The van der Waals surface area contributed by atoms with Gasteiger partial charge in [-0.3, -0.25) is 0 Å². The summed E-state index contributed by atoms with van der Waals surface area (Å²) in [4.78, 5) is 13.1. The van der Waals surface area contributed by atoms with Crippen LogP contribution in [0.1, 0.15) is 34.1 Å². The van der Waals surface area contributed by atoms with Crippen LogP contribution < -0.4 is 5.73 Å². The lowest BCUT2D eigenvalue weighted by molar-refractivity contribution is 0.0250. The van der Waals surface area contributed by atoms with Crippen molar-refractivity contribution in [2.45, 2.75) is 51.4 Å². The molecule has 2 unspecified atom stereocenters. The average molecular weight is 232 g/mol. The molecule has 1 heterocycles. The lowest BCUT2D eigenvalue weighted by Crippen LogP contribution is -2.45. The molecule has 1 rings (SSSR count). The van der Waals surface area contributed by atoms with Crippen LogP contribution in [-0.4, -0.2) is 41.4 Å². The second kappa shape index (κ2) is 4.20. The van der Waals surface area contributed by atoms with Gasteiger partial charge in [0.15, 0.2) is 0 Å². The van der Waals surface area contributed by atoms with E-state index in [0.29, 0.717) is 6.54 Å². The van der Waals surface area contributed by atoms with Gasteiger partial charge in [0.25, 0.3) is 0 Å². The summed E-state index contributed by atoms with van der Waals surface area (Å²) in [6, 6.07) is -0.570. The van der Waals surface area contributed by atoms with Crippen molar-refractivity contribution in [2.75, 3.05) is 13.1 Å². The second-order valence-corrected chi connectivity index (χ2v) is 5.48. The standard InChI is InChI=1S/C11H21FN2O2/c1-8(13)11(12)5-6-14(7-11)9(15)16-10(2,3)4/h8H,5-7,13H2,1-4H3. The predicted octanol–water partition coefficient (Wildman–Crippen LogP) is 1.68. The van der Waals surface area contributed by atoms with Gasteiger partial charge in [-0.1, -0.05) is 0 Å². The van der Waals surface area contributed by atoms with Crippen molar-refractivity contribution < 1.29 is 13.9 Å². The third kappa shape index (κ3) is 3.07. The molecule has 2 atom stereocenters. The van der Waals surface area contributed by atoms with Crippen LogP contribution in [0.15, 0.2) is 0 Å². The van der Waals surface area contributed by atoms with Crippen LogP contribution in [0.4, 0.5) is 9.18 Å². The van der Waals surface area contributed by atoms with E-state index in [1.807, 2.05) is 0 Å². The van der Waals surface area contributed by atoms with E-state index in [2.05, 4.69) is 0 Å². The van der Waals surface area contributed by atoms with E-state index < -0.39 is 23.4 Å². The van der Waals surface area contributed by atoms with Gasteiger partial charge >= 0.3 is 6.09 Å². The lowest BCUT2D eigenvalue weighted by Gasteiger charge is -2.26. The number of nitrogens with zero attached hydrogens (tertiary/aromatic N) is 1. The van der Waals surface area contributed by atoms with E-state index >= 15 is 0 Å². The zero-order valence-electron chi connectivity index (χ0n) is 10.4. The smallest absolute Gasteiger partial charge is 0.410 e. The van der Waals surface area contributed by atoms with Crippen molar-refractivity contribution in [1.29, 1.82) is 0 Å². The molecule has 0 aromatic heterocycles. The number of carbonyl (C=O) groups excluding carboxylic acids is 1. The Labute approximate surface area is 95.9 Å². The normalized spacial score (nSPS) is 28.0. The Morgan fingerprint density at radius 2 is 2.12 bits per heavy atom. The van der Waals surface area contributed by atoms with E-state index in [9.17, 15) is 9.18 Å². The molecule has 0 aromatic carbocycles. The van der Waals surface area contributed by atoms with Gasteiger partial charge < -0.3 is 15.4 Å². The molecule has 16 heavy (non-hydrogen) atoms. The quantitative estimate of drug-likeness (QED) is 0.748. The molecule has 94 valence electrons. The fourth-order valence-electron chi connectivity index (χ4n) is 1.65. The first-order valence-electron chi connectivity index (χ1n) is 5.56. The molecule has 1 saturated heterocycles. The maximum Gasteiger partial charge on any atom is 0.410 e. The molecule has 0 aliphatic carbocycles. The Balaban J connectivity index is 2.57. The van der Waals surface area contributed by atoms with Crippen LogP contribution in [-0.2, 0) is 4.74 Å². The maximum absolute atomic E-state index is 14.1. The number of amides is 1. The summed E-state index contributed by atoms with van der Waals surface area (Å²) < 4.78 is 19.3. The first kappa shape index (κ1) is 13.2. The maximum atomic E-state index is 14.1. The molecule has 1 aliphatic heterocycles. The fourth-order valence-corrected chi connectivity index (χ4v) is 1.65. The van der Waals surface area contributed by atoms with E-state index in [1.54, 1.807) is 27.7 Å². The van der Waals surface area contributed by atoms with Crippen LogP contribution in [0.3, 0.4) is 0 Å². The molecule has 0 spiro atoms. The minimum atomic E-state index is -1.48. The van der Waals surface area contributed by atoms with Crippen molar-refractivity contribution in [3.05, 3.63) is 0 Å². The molecule has 4 nitrogen and oxygen atoms in total. The fraction of sp³-hybridized carbons (Fsp3) is 0.909. The molecule has 1 amide bonds. The van der Waals surface area contributed by atoms with Gasteiger partial charge in [-0.05, 0) is 27.7 Å². The van der Waals surface area contributed by atoms with Gasteiger partial charge in [-0.2, -0.15) is 0 Å². The molecule has 0 radical (unpaired) electrons. The topological polar surface area (TPSA) is 55.6 Å². The summed E-state index contributed by atoms with van der Waals surface area (Å²) in [5, 5.41) is 0. The number of rotatable bonds is 1. The van der Waals surface area contributed by atoms with Crippen molar-refractivity contribution in [2.24, 2.45) is 5.73 Å². The molecule has 2 N–H and O–H groups in total. The highest BCUT2D eigenvalue weighted by Gasteiger charge is 2.44. The number of nitrogens with two attached hydrogens (primary N) is 1. The lowest BCUT2D eigenvalue weighted by atomic mass is 9.98. The van der Waals surface area contributed by atoms with Crippen LogP contribution in [0.2, 0.25) is 0 Å². The molecule has 0 bridgehead atoms. The van der Waals surface area contributed by atoms with Crippen LogP contribution in [0.25, 0.3) is 0 Å². The number of alkyl halides is 1. The molecular formula is C11H21FN2O2. The SMILES string of the molecule is CC(N)C1(F)CCN(C(=O)OC(C)(C)C)C1. The molecular weight excluding hydrogens is 211 g/mol. The van der Waals surface area contributed by atoms with Gasteiger partial charge in [-0.25, -0.2) is 9.18 Å². The molecule has 1 fully saturated rings. The first-order valence-corrected chi connectivity index (χ1v) is 5.56. The van der Waals surface area contributed by atoms with E-state index in [-0.39, 0.29) is 13.0 Å². The summed E-state index contributed by atoms with van der Waals surface area (Å²) in [5.41, 5.74) is 3.54. The minimum absolute atomic E-state index is 0.0274. The van der Waals surface area contributed by atoms with E-state index in [1.165, 1.54) is 4.90 Å². The van der Waals surface area contributed by atoms with E-state index in [4.69, 9.17) is 10.5 Å². The van der Waals surface area contributed by atoms with Crippen LogP contribution in [0, 0.1) is 0 Å². The highest BCUT2D eigenvalue weighted by Crippen LogP contribution is 2.29. The summed E-state index contributed by atoms with van der Waals surface area (Å²) in [7, 11) is 0. The number of hydrogen-bond acceptors (Lipinski definition) is 3. The molecule has 5 heteroatoms. The van der Waals surface area contributed by atoms with Gasteiger partial charge in [0.2, 0.25) is 0 Å². The monoisotopic (exact) mass is 232 g/mol. The summed E-state index contributed by atoms with van der Waals surface area (Å²) in [5.74, 6) is 0. The highest BCUT2D eigenvalue weighted by molar-refractivity contribution is 5.68. The number of carbonyl (C=O) groups is 1. The zero-order chi connectivity index (χ0) is 12.6. The van der Waals surface area contributed by atoms with Gasteiger partial charge in [0.1, 0.15) is 11.3 Å². The van der Waals surface area contributed by atoms with Crippen molar-refractivity contribution in [3.63, 3.8) is 0 Å². The molecule has 1 aliphatic rings. The Morgan fingerprint density at radius 3 is 2.50 bits per heavy atom. The minimum Gasteiger partial charge on any atom is -0.444 e. The Morgan fingerprint density at radius 1 is 1.56 bits per heavy atom. The third-order valence-electron chi connectivity index (χ3n) is 2.72. The summed E-state index contributed by atoms with van der Waals surface area (Å²) in [6.07, 6.45) is -0.183. The van der Waals surface area contributed by atoms with Crippen molar-refractivity contribution in [3.8, 4) is 0 Å². The zero-order valence-corrected chi connectivity index (χ0v) is 10.4. The number of likely N-dealkylation sites (tertiary alicyclic amines) is 1. The number of ether oxygens (including phenoxy) is 1. The largest absolute Gasteiger partial charge is 0.444 e.